The fourth-order valence-electron chi connectivity index (χ4n) is 2.76. The summed E-state index contributed by atoms with van der Waals surface area (Å²) in [6, 6.07) is 17.2. The molecule has 0 N–H and O–H groups in total. The molecular weight excluding hydrogens is 362 g/mol. The van der Waals surface area contributed by atoms with Crippen LogP contribution in [0.1, 0.15) is 18.1 Å². The molecule has 0 aliphatic carbocycles. The maximum atomic E-state index is 12.0. The predicted octanol–water partition coefficient (Wildman–Crippen LogP) is 3.79. The van der Waals surface area contributed by atoms with Crippen LogP contribution in [0.5, 0.6) is 11.5 Å². The molecule has 140 valence electrons. The summed E-state index contributed by atoms with van der Waals surface area (Å²) < 4.78 is 31.5. The zero-order valence-electron chi connectivity index (χ0n) is 15.3. The number of nitrogens with zero attached hydrogens (tertiary/aromatic N) is 1. The summed E-state index contributed by atoms with van der Waals surface area (Å²) in [4.78, 5) is 12.3. The Labute approximate surface area is 158 Å². The lowest BCUT2D eigenvalue weighted by molar-refractivity contribution is 0.469. The normalized spacial score (nSPS) is 11.3. The van der Waals surface area contributed by atoms with Gasteiger partial charge in [-0.2, -0.15) is 0 Å². The first-order valence-electron chi connectivity index (χ1n) is 8.65. The van der Waals surface area contributed by atoms with Gasteiger partial charge in [0, 0.05) is 17.8 Å². The Morgan fingerprint density at radius 1 is 0.963 bits per heavy atom. The summed E-state index contributed by atoms with van der Waals surface area (Å²) >= 11 is 0. The van der Waals surface area contributed by atoms with Crippen molar-refractivity contribution in [2.75, 3.05) is 5.75 Å². The quantitative estimate of drug-likeness (QED) is 0.650. The van der Waals surface area contributed by atoms with Crippen molar-refractivity contribution in [3.63, 3.8) is 0 Å². The van der Waals surface area contributed by atoms with E-state index in [-0.39, 0.29) is 16.2 Å². The minimum absolute atomic E-state index is 0.0565. The average Bonchev–Trinajstić information content (AvgIpc) is 2.67. The van der Waals surface area contributed by atoms with Gasteiger partial charge in [-0.25, -0.2) is 8.42 Å². The lowest BCUT2D eigenvalue weighted by atomic mass is 10.1. The molecule has 1 aromatic heterocycles. The third-order valence-corrected chi connectivity index (χ3v) is 6.07. The third-order valence-electron chi connectivity index (χ3n) is 4.32. The molecule has 0 aliphatic heterocycles. The van der Waals surface area contributed by atoms with Gasteiger partial charge in [0.05, 0.1) is 17.2 Å². The van der Waals surface area contributed by atoms with Crippen LogP contribution in [0, 0.1) is 6.92 Å². The molecule has 3 rings (SSSR count). The van der Waals surface area contributed by atoms with Gasteiger partial charge < -0.3 is 9.30 Å². The summed E-state index contributed by atoms with van der Waals surface area (Å²) in [5.41, 5.74) is 1.72. The first-order valence-corrected chi connectivity index (χ1v) is 10.3. The number of sulfone groups is 1. The van der Waals surface area contributed by atoms with Crippen molar-refractivity contribution in [2.45, 2.75) is 25.3 Å². The SMILES string of the molecule is CCS(=O)(=O)c1ccc(Oc2c(C)cccc2Cn2ccccc2=O)cc1. The van der Waals surface area contributed by atoms with Crippen molar-refractivity contribution >= 4 is 9.84 Å². The lowest BCUT2D eigenvalue weighted by Crippen LogP contribution is -2.18. The second-order valence-corrected chi connectivity index (χ2v) is 8.49. The van der Waals surface area contributed by atoms with Crippen LogP contribution in [0.15, 0.2) is 76.6 Å². The van der Waals surface area contributed by atoms with E-state index in [1.807, 2.05) is 31.2 Å². The van der Waals surface area contributed by atoms with Crippen molar-refractivity contribution in [2.24, 2.45) is 0 Å². The number of ether oxygens (including phenoxy) is 1. The topological polar surface area (TPSA) is 65.4 Å². The lowest BCUT2D eigenvalue weighted by Gasteiger charge is -2.15. The largest absolute Gasteiger partial charge is 0.457 e. The minimum atomic E-state index is -3.24. The van der Waals surface area contributed by atoms with Crippen LogP contribution in [-0.2, 0) is 16.4 Å². The zero-order valence-corrected chi connectivity index (χ0v) is 16.1. The molecular formula is C21H21NO4S. The van der Waals surface area contributed by atoms with E-state index in [0.717, 1.165) is 11.1 Å². The first-order chi connectivity index (χ1) is 12.9. The summed E-state index contributed by atoms with van der Waals surface area (Å²) in [7, 11) is -3.24. The van der Waals surface area contributed by atoms with E-state index in [9.17, 15) is 13.2 Å². The van der Waals surface area contributed by atoms with E-state index in [4.69, 9.17) is 4.74 Å². The number of hydrogen-bond donors (Lipinski definition) is 0. The summed E-state index contributed by atoms with van der Waals surface area (Å²) in [6.45, 7) is 3.94. The number of hydrogen-bond acceptors (Lipinski definition) is 4. The number of pyridine rings is 1. The number of benzene rings is 2. The van der Waals surface area contributed by atoms with Crippen molar-refractivity contribution in [3.05, 3.63) is 88.3 Å². The highest BCUT2D eigenvalue weighted by Crippen LogP contribution is 2.30. The highest BCUT2D eigenvalue weighted by atomic mass is 32.2. The Morgan fingerprint density at radius 3 is 2.37 bits per heavy atom. The maximum Gasteiger partial charge on any atom is 0.250 e. The van der Waals surface area contributed by atoms with E-state index in [1.54, 1.807) is 48.0 Å². The molecule has 27 heavy (non-hydrogen) atoms. The molecule has 0 fully saturated rings. The van der Waals surface area contributed by atoms with Crippen LogP contribution in [0.25, 0.3) is 0 Å². The fourth-order valence-corrected chi connectivity index (χ4v) is 3.64. The van der Waals surface area contributed by atoms with Crippen LogP contribution in [0.4, 0.5) is 0 Å². The molecule has 0 spiro atoms. The maximum absolute atomic E-state index is 12.0. The molecule has 0 unspecified atom stereocenters. The van der Waals surface area contributed by atoms with Crippen LogP contribution in [-0.4, -0.2) is 18.7 Å². The molecule has 2 aromatic carbocycles. The fraction of sp³-hybridized carbons (Fsp3) is 0.190. The van der Waals surface area contributed by atoms with Gasteiger partial charge >= 0.3 is 0 Å². The molecule has 1 heterocycles. The number of para-hydroxylation sites is 1. The van der Waals surface area contributed by atoms with Crippen molar-refractivity contribution in [1.82, 2.24) is 4.57 Å². The highest BCUT2D eigenvalue weighted by molar-refractivity contribution is 7.91. The van der Waals surface area contributed by atoms with Gasteiger partial charge in [-0.3, -0.25) is 4.79 Å². The van der Waals surface area contributed by atoms with Crippen molar-refractivity contribution < 1.29 is 13.2 Å². The Hall–Kier alpha value is -2.86. The zero-order chi connectivity index (χ0) is 19.4. The van der Waals surface area contributed by atoms with Gasteiger partial charge in [0.1, 0.15) is 11.5 Å². The van der Waals surface area contributed by atoms with Gasteiger partial charge in [0.2, 0.25) is 0 Å². The Balaban J connectivity index is 1.91. The second kappa shape index (κ2) is 7.80. The molecule has 0 amide bonds. The standard InChI is InChI=1S/C21H21NO4S/c1-3-27(24,25)19-12-10-18(11-13-19)26-21-16(2)7-6-8-17(21)15-22-14-5-4-9-20(22)23/h4-14H,3,15H2,1-2H3. The van der Waals surface area contributed by atoms with Crippen molar-refractivity contribution in [1.29, 1.82) is 0 Å². The molecule has 0 saturated carbocycles. The smallest absolute Gasteiger partial charge is 0.250 e. The van der Waals surface area contributed by atoms with Gasteiger partial charge in [-0.05, 0) is 42.8 Å². The monoisotopic (exact) mass is 383 g/mol. The van der Waals surface area contributed by atoms with Crippen LogP contribution < -0.4 is 10.3 Å². The Morgan fingerprint density at radius 2 is 1.70 bits per heavy atom. The van der Waals surface area contributed by atoms with Crippen molar-refractivity contribution in [3.8, 4) is 11.5 Å². The number of rotatable bonds is 6. The van der Waals surface area contributed by atoms with Gasteiger partial charge in [-0.1, -0.05) is 31.2 Å². The van der Waals surface area contributed by atoms with E-state index in [0.29, 0.717) is 18.0 Å². The van der Waals surface area contributed by atoms with Crippen LogP contribution in [0.3, 0.4) is 0 Å². The summed E-state index contributed by atoms with van der Waals surface area (Å²) in [5, 5.41) is 0. The predicted molar refractivity (Wildman–Crippen MR) is 105 cm³/mol. The molecule has 0 saturated heterocycles. The molecule has 5 nitrogen and oxygen atoms in total. The molecule has 0 bridgehead atoms. The molecule has 0 aliphatic rings. The highest BCUT2D eigenvalue weighted by Gasteiger charge is 2.13. The summed E-state index contributed by atoms with van der Waals surface area (Å²) in [6.07, 6.45) is 1.73. The minimum Gasteiger partial charge on any atom is -0.457 e. The Kier molecular flexibility index (Phi) is 5.46. The van der Waals surface area contributed by atoms with E-state index in [1.165, 1.54) is 6.07 Å². The Bertz CT molecular complexity index is 1100. The van der Waals surface area contributed by atoms with Gasteiger partial charge in [-0.15, -0.1) is 0 Å². The second-order valence-electron chi connectivity index (χ2n) is 6.21. The first kappa shape index (κ1) is 18.9. The van der Waals surface area contributed by atoms with E-state index >= 15 is 0 Å². The molecule has 0 radical (unpaired) electrons. The molecule has 0 atom stereocenters. The summed E-state index contributed by atoms with van der Waals surface area (Å²) in [5.74, 6) is 1.27. The molecule has 6 heteroatoms. The average molecular weight is 383 g/mol. The third kappa shape index (κ3) is 4.28. The number of aromatic nitrogens is 1. The van der Waals surface area contributed by atoms with E-state index in [2.05, 4.69) is 0 Å². The van der Waals surface area contributed by atoms with Gasteiger partial charge in [0.15, 0.2) is 9.84 Å². The van der Waals surface area contributed by atoms with Crippen LogP contribution >= 0.6 is 0 Å². The molecule has 3 aromatic rings. The van der Waals surface area contributed by atoms with Gasteiger partial charge in [0.25, 0.3) is 5.56 Å². The van der Waals surface area contributed by atoms with E-state index < -0.39 is 9.84 Å². The van der Waals surface area contributed by atoms with Crippen LogP contribution in [0.2, 0.25) is 0 Å². The number of aryl methyl sites for hydroxylation is 1.